The van der Waals surface area contributed by atoms with Gasteiger partial charge in [0.1, 0.15) is 4.21 Å². The third-order valence-electron chi connectivity index (χ3n) is 4.51. The molecule has 1 fully saturated rings. The molecule has 6 heteroatoms. The van der Waals surface area contributed by atoms with E-state index in [0.717, 1.165) is 40.5 Å². The highest BCUT2D eigenvalue weighted by atomic mass is 32.2. The second kappa shape index (κ2) is 7.22. The Morgan fingerprint density at radius 1 is 1.29 bits per heavy atom. The summed E-state index contributed by atoms with van der Waals surface area (Å²) in [4.78, 5) is 0.721. The number of aliphatic hydroxyl groups is 1. The van der Waals surface area contributed by atoms with Crippen LogP contribution in [0.15, 0.2) is 10.3 Å². The first-order valence-corrected chi connectivity index (χ1v) is 9.96. The molecule has 0 amide bonds. The Morgan fingerprint density at radius 2 is 1.90 bits per heavy atom. The fourth-order valence-electron chi connectivity index (χ4n) is 2.92. The molecule has 0 radical (unpaired) electrons. The molecule has 1 aromatic heterocycles. The normalized spacial score (nSPS) is 23.4. The van der Waals surface area contributed by atoms with E-state index >= 15 is 0 Å². The topological polar surface area (TPSA) is 66.4 Å². The van der Waals surface area contributed by atoms with Gasteiger partial charge in [-0.2, -0.15) is 0 Å². The lowest BCUT2D eigenvalue weighted by atomic mass is 9.81. The zero-order valence-electron chi connectivity index (χ0n) is 12.8. The molecule has 1 heterocycles. The molecule has 120 valence electrons. The van der Waals surface area contributed by atoms with Crippen molar-refractivity contribution in [3.8, 4) is 0 Å². The predicted octanol–water partition coefficient (Wildman–Crippen LogP) is 3.04. The molecule has 4 nitrogen and oxygen atoms in total. The quantitative estimate of drug-likeness (QED) is 0.842. The lowest BCUT2D eigenvalue weighted by molar-refractivity contribution is 0.270. The van der Waals surface area contributed by atoms with Crippen LogP contribution in [-0.4, -0.2) is 20.1 Å². The smallest absolute Gasteiger partial charge is 0.250 e. The number of aryl methyl sites for hydroxylation is 1. The van der Waals surface area contributed by atoms with Crippen LogP contribution in [0.4, 0.5) is 0 Å². The van der Waals surface area contributed by atoms with Crippen molar-refractivity contribution in [3.05, 3.63) is 16.5 Å². The third kappa shape index (κ3) is 4.28. The van der Waals surface area contributed by atoms with Crippen molar-refractivity contribution in [3.63, 3.8) is 0 Å². The number of sulfonamides is 1. The molecule has 1 aromatic rings. The highest BCUT2D eigenvalue weighted by molar-refractivity contribution is 7.91. The van der Waals surface area contributed by atoms with Crippen LogP contribution in [0.2, 0.25) is 0 Å². The van der Waals surface area contributed by atoms with E-state index < -0.39 is 10.0 Å². The zero-order chi connectivity index (χ0) is 15.5. The maximum Gasteiger partial charge on any atom is 0.250 e. The Balaban J connectivity index is 1.92. The SMILES string of the molecule is CCC1CCC(CNS(=O)(=O)c2cc(C)c(CO)s2)CC1. The van der Waals surface area contributed by atoms with Gasteiger partial charge in [-0.1, -0.05) is 26.2 Å². The molecule has 1 aliphatic carbocycles. The van der Waals surface area contributed by atoms with Gasteiger partial charge in [-0.15, -0.1) is 11.3 Å². The molecule has 0 aliphatic heterocycles. The van der Waals surface area contributed by atoms with Crippen LogP contribution in [0.25, 0.3) is 0 Å². The zero-order valence-corrected chi connectivity index (χ0v) is 14.4. The van der Waals surface area contributed by atoms with Crippen molar-refractivity contribution >= 4 is 21.4 Å². The van der Waals surface area contributed by atoms with Gasteiger partial charge in [0.15, 0.2) is 0 Å². The van der Waals surface area contributed by atoms with E-state index in [9.17, 15) is 13.5 Å². The van der Waals surface area contributed by atoms with Gasteiger partial charge in [0.2, 0.25) is 10.0 Å². The van der Waals surface area contributed by atoms with Crippen molar-refractivity contribution in [2.75, 3.05) is 6.54 Å². The summed E-state index contributed by atoms with van der Waals surface area (Å²) in [6, 6.07) is 1.65. The molecular formula is C15H25NO3S2. The van der Waals surface area contributed by atoms with Gasteiger partial charge in [0.05, 0.1) is 6.61 Å². The van der Waals surface area contributed by atoms with Crippen LogP contribution in [0, 0.1) is 18.8 Å². The Kier molecular flexibility index (Phi) is 5.82. The average molecular weight is 332 g/mol. The lowest BCUT2D eigenvalue weighted by Gasteiger charge is -2.27. The standard InChI is InChI=1S/C15H25NO3S2/c1-3-12-4-6-13(7-5-12)9-16-21(18,19)15-8-11(2)14(10-17)20-15/h8,12-13,16-17H,3-7,9-10H2,1-2H3. The minimum Gasteiger partial charge on any atom is -0.391 e. The van der Waals surface area contributed by atoms with E-state index in [1.54, 1.807) is 6.07 Å². The largest absolute Gasteiger partial charge is 0.391 e. The van der Waals surface area contributed by atoms with E-state index in [0.29, 0.717) is 16.7 Å². The molecule has 0 saturated heterocycles. The van der Waals surface area contributed by atoms with E-state index in [-0.39, 0.29) is 6.61 Å². The third-order valence-corrected chi connectivity index (χ3v) is 7.63. The van der Waals surface area contributed by atoms with Gasteiger partial charge in [0, 0.05) is 11.4 Å². The van der Waals surface area contributed by atoms with Crippen LogP contribution in [0.3, 0.4) is 0 Å². The maximum atomic E-state index is 12.3. The maximum absolute atomic E-state index is 12.3. The van der Waals surface area contributed by atoms with Crippen molar-refractivity contribution in [2.24, 2.45) is 11.8 Å². The second-order valence-electron chi connectivity index (χ2n) is 5.98. The number of aliphatic hydroxyl groups excluding tert-OH is 1. The predicted molar refractivity (Wildman–Crippen MR) is 85.9 cm³/mol. The molecule has 2 N–H and O–H groups in total. The number of hydrogen-bond acceptors (Lipinski definition) is 4. The highest BCUT2D eigenvalue weighted by Gasteiger charge is 2.23. The Labute approximate surface area is 131 Å². The number of thiophene rings is 1. The van der Waals surface area contributed by atoms with Gasteiger partial charge < -0.3 is 5.11 Å². The van der Waals surface area contributed by atoms with Crippen molar-refractivity contribution in [1.82, 2.24) is 4.72 Å². The molecule has 0 spiro atoms. The molecule has 0 atom stereocenters. The minimum absolute atomic E-state index is 0.104. The van der Waals surface area contributed by atoms with Crippen molar-refractivity contribution in [2.45, 2.75) is 56.8 Å². The summed E-state index contributed by atoms with van der Waals surface area (Å²) in [5.74, 6) is 1.28. The van der Waals surface area contributed by atoms with E-state index in [2.05, 4.69) is 11.6 Å². The van der Waals surface area contributed by atoms with Gasteiger partial charge in [-0.25, -0.2) is 13.1 Å². The van der Waals surface area contributed by atoms with Gasteiger partial charge >= 0.3 is 0 Å². The lowest BCUT2D eigenvalue weighted by Crippen LogP contribution is -2.31. The molecule has 1 saturated carbocycles. The Morgan fingerprint density at radius 3 is 2.43 bits per heavy atom. The molecule has 2 rings (SSSR count). The number of hydrogen-bond donors (Lipinski definition) is 2. The summed E-state index contributed by atoms with van der Waals surface area (Å²) in [7, 11) is -3.43. The molecule has 21 heavy (non-hydrogen) atoms. The Hall–Kier alpha value is -0.430. The first-order valence-electron chi connectivity index (χ1n) is 7.66. The summed E-state index contributed by atoms with van der Waals surface area (Å²) in [6.45, 7) is 4.48. The molecule has 0 unspecified atom stereocenters. The van der Waals surface area contributed by atoms with Crippen LogP contribution in [0.5, 0.6) is 0 Å². The summed E-state index contributed by atoms with van der Waals surface area (Å²) in [6.07, 6.45) is 5.90. The summed E-state index contributed by atoms with van der Waals surface area (Å²) in [5.41, 5.74) is 0.839. The fraction of sp³-hybridized carbons (Fsp3) is 0.733. The molecule has 0 aromatic carbocycles. The van der Waals surface area contributed by atoms with Crippen LogP contribution < -0.4 is 4.72 Å². The highest BCUT2D eigenvalue weighted by Crippen LogP contribution is 2.31. The monoisotopic (exact) mass is 331 g/mol. The Bertz CT molecular complexity index is 557. The average Bonchev–Trinajstić information content (AvgIpc) is 2.88. The first-order chi connectivity index (χ1) is 9.96. The summed E-state index contributed by atoms with van der Waals surface area (Å²) >= 11 is 1.16. The van der Waals surface area contributed by atoms with E-state index in [1.807, 2.05) is 6.92 Å². The second-order valence-corrected chi connectivity index (χ2v) is 9.11. The molecular weight excluding hydrogens is 306 g/mol. The number of nitrogens with one attached hydrogen (secondary N) is 1. The first kappa shape index (κ1) is 16.9. The van der Waals surface area contributed by atoms with Crippen LogP contribution in [0.1, 0.15) is 49.5 Å². The summed E-state index contributed by atoms with van der Waals surface area (Å²) in [5, 5.41) is 9.17. The minimum atomic E-state index is -3.43. The van der Waals surface area contributed by atoms with E-state index in [1.165, 1.54) is 19.3 Å². The van der Waals surface area contributed by atoms with Gasteiger partial charge in [-0.3, -0.25) is 0 Å². The van der Waals surface area contributed by atoms with Gasteiger partial charge in [0.25, 0.3) is 0 Å². The van der Waals surface area contributed by atoms with Crippen molar-refractivity contribution < 1.29 is 13.5 Å². The number of rotatable bonds is 6. The van der Waals surface area contributed by atoms with E-state index in [4.69, 9.17) is 0 Å². The summed E-state index contributed by atoms with van der Waals surface area (Å²) < 4.78 is 27.6. The fourth-order valence-corrected chi connectivity index (χ4v) is 5.53. The molecule has 1 aliphatic rings. The van der Waals surface area contributed by atoms with Crippen LogP contribution >= 0.6 is 11.3 Å². The molecule has 0 bridgehead atoms. The van der Waals surface area contributed by atoms with Crippen LogP contribution in [-0.2, 0) is 16.6 Å². The van der Waals surface area contributed by atoms with Gasteiger partial charge in [-0.05, 0) is 43.2 Å². The van der Waals surface area contributed by atoms with Crippen molar-refractivity contribution in [1.29, 1.82) is 0 Å².